The van der Waals surface area contributed by atoms with E-state index in [0.717, 1.165) is 12.1 Å². The Morgan fingerprint density at radius 3 is 2.69 bits per heavy atom. The third-order valence-electron chi connectivity index (χ3n) is 5.72. The molecule has 1 aromatic carbocycles. The Labute approximate surface area is 186 Å². The van der Waals surface area contributed by atoms with Gasteiger partial charge in [-0.2, -0.15) is 4.31 Å². The third kappa shape index (κ3) is 4.32. The minimum Gasteiger partial charge on any atom is -0.390 e. The molecule has 1 fully saturated rings. The van der Waals surface area contributed by atoms with Crippen molar-refractivity contribution < 1.29 is 17.9 Å². The van der Waals surface area contributed by atoms with E-state index in [0.29, 0.717) is 35.3 Å². The average Bonchev–Trinajstić information content (AvgIpc) is 3.05. The van der Waals surface area contributed by atoms with E-state index in [9.17, 15) is 17.9 Å². The van der Waals surface area contributed by atoms with E-state index in [2.05, 4.69) is 20.3 Å². The number of anilines is 1. The molecular formula is C21H27FN6O3S. The Bertz CT molecular complexity index is 1260. The predicted molar refractivity (Wildman–Crippen MR) is 120 cm³/mol. The lowest BCUT2D eigenvalue weighted by molar-refractivity contribution is 0.0950. The van der Waals surface area contributed by atoms with Crippen LogP contribution in [0.5, 0.6) is 0 Å². The summed E-state index contributed by atoms with van der Waals surface area (Å²) in [7, 11) is -3.36. The van der Waals surface area contributed by atoms with Crippen LogP contribution in [-0.4, -0.2) is 68.8 Å². The molecule has 2 aromatic heterocycles. The lowest BCUT2D eigenvalue weighted by Gasteiger charge is -2.34. The summed E-state index contributed by atoms with van der Waals surface area (Å²) in [4.78, 5) is 13.1. The van der Waals surface area contributed by atoms with E-state index in [1.54, 1.807) is 12.3 Å². The van der Waals surface area contributed by atoms with Crippen LogP contribution in [0, 0.1) is 12.7 Å². The number of nitrogens with zero attached hydrogens (tertiary/aromatic N) is 5. The van der Waals surface area contributed by atoms with Crippen molar-refractivity contribution in [3.8, 4) is 11.3 Å². The Balaban J connectivity index is 1.61. The minimum atomic E-state index is -3.36. The van der Waals surface area contributed by atoms with Crippen LogP contribution in [0.15, 0.2) is 24.4 Å². The van der Waals surface area contributed by atoms with Crippen LogP contribution in [0.4, 0.5) is 10.3 Å². The number of aryl methyl sites for hydroxylation is 1. The summed E-state index contributed by atoms with van der Waals surface area (Å²) in [6.07, 6.45) is 2.20. The van der Waals surface area contributed by atoms with Crippen LogP contribution < -0.4 is 5.32 Å². The fourth-order valence-electron chi connectivity index (χ4n) is 4.20. The number of benzene rings is 1. The highest BCUT2D eigenvalue weighted by Crippen LogP contribution is 2.29. The largest absolute Gasteiger partial charge is 0.390 e. The summed E-state index contributed by atoms with van der Waals surface area (Å²) in [6.45, 7) is 6.20. The van der Waals surface area contributed by atoms with Crippen LogP contribution in [0.2, 0.25) is 0 Å². The molecule has 1 saturated heterocycles. The van der Waals surface area contributed by atoms with E-state index in [1.165, 1.54) is 10.4 Å². The number of hydrogen-bond donors (Lipinski definition) is 2. The highest BCUT2D eigenvalue weighted by atomic mass is 32.2. The lowest BCUT2D eigenvalue weighted by Crippen LogP contribution is -2.51. The number of hydrogen-bond acceptors (Lipinski definition) is 7. The minimum absolute atomic E-state index is 0.0105. The number of rotatable bonds is 5. The molecule has 0 amide bonds. The van der Waals surface area contributed by atoms with Crippen molar-refractivity contribution in [2.45, 2.75) is 45.4 Å². The summed E-state index contributed by atoms with van der Waals surface area (Å²) in [5.74, 6) is 0.607. The number of sulfonamides is 1. The van der Waals surface area contributed by atoms with E-state index in [-0.39, 0.29) is 18.5 Å². The Kier molecular flexibility index (Phi) is 5.91. The molecule has 3 heterocycles. The van der Waals surface area contributed by atoms with Gasteiger partial charge in [0.15, 0.2) is 5.82 Å². The first kappa shape index (κ1) is 22.6. The highest BCUT2D eigenvalue weighted by molar-refractivity contribution is 7.88. The molecule has 1 aliphatic heterocycles. The summed E-state index contributed by atoms with van der Waals surface area (Å²) < 4.78 is 41.5. The van der Waals surface area contributed by atoms with E-state index < -0.39 is 28.0 Å². The molecule has 3 aromatic rings. The molecule has 172 valence electrons. The van der Waals surface area contributed by atoms with Crippen molar-refractivity contribution in [2.75, 3.05) is 24.7 Å². The molecule has 2 atom stereocenters. The van der Waals surface area contributed by atoms with Gasteiger partial charge in [0, 0.05) is 30.9 Å². The van der Waals surface area contributed by atoms with E-state index >= 15 is 0 Å². The zero-order valence-corrected chi connectivity index (χ0v) is 19.3. The first-order valence-corrected chi connectivity index (χ1v) is 12.3. The monoisotopic (exact) mass is 462 g/mol. The van der Waals surface area contributed by atoms with Crippen molar-refractivity contribution in [2.24, 2.45) is 0 Å². The molecule has 1 aliphatic rings. The van der Waals surface area contributed by atoms with Gasteiger partial charge in [0.25, 0.3) is 0 Å². The number of imidazole rings is 1. The second-order valence-corrected chi connectivity index (χ2v) is 10.4. The maximum Gasteiger partial charge on any atom is 0.223 e. The summed E-state index contributed by atoms with van der Waals surface area (Å²) >= 11 is 0. The van der Waals surface area contributed by atoms with E-state index in [4.69, 9.17) is 0 Å². The van der Waals surface area contributed by atoms with Gasteiger partial charge < -0.3 is 15.0 Å². The SMILES string of the molecule is Cc1nc2c(F)cc(-c3ccnc(N[C@@H]4CCN(S(C)(=O)=O)C[C@H]4O)n3)cc2n1C(C)C. The van der Waals surface area contributed by atoms with Gasteiger partial charge in [-0.1, -0.05) is 0 Å². The Hall–Kier alpha value is -2.63. The van der Waals surface area contributed by atoms with Crippen LogP contribution in [0.1, 0.15) is 32.1 Å². The second kappa shape index (κ2) is 8.38. The van der Waals surface area contributed by atoms with Crippen molar-refractivity contribution in [1.82, 2.24) is 23.8 Å². The number of β-amino-alcohol motifs (C(OH)–C–C–N with tert-alkyl or cyclic N) is 1. The van der Waals surface area contributed by atoms with Crippen molar-refractivity contribution in [1.29, 1.82) is 0 Å². The van der Waals surface area contributed by atoms with Crippen molar-refractivity contribution in [3.05, 3.63) is 36.0 Å². The molecule has 0 aliphatic carbocycles. The normalized spacial score (nSPS) is 20.2. The number of piperidine rings is 1. The van der Waals surface area contributed by atoms with Gasteiger partial charge >= 0.3 is 0 Å². The molecule has 0 bridgehead atoms. The number of fused-ring (bicyclic) bond motifs is 1. The molecule has 0 unspecified atom stereocenters. The molecule has 9 nitrogen and oxygen atoms in total. The smallest absolute Gasteiger partial charge is 0.223 e. The fraction of sp³-hybridized carbons (Fsp3) is 0.476. The Morgan fingerprint density at radius 2 is 2.03 bits per heavy atom. The Morgan fingerprint density at radius 1 is 1.28 bits per heavy atom. The standard InChI is InChI=1S/C21H27FN6O3S/c1-12(2)28-13(3)24-20-15(22)9-14(10-18(20)28)16-5-7-23-21(25-16)26-17-6-8-27(11-19(17)29)32(4,30)31/h5,7,9-10,12,17,19,29H,6,8,11H2,1-4H3,(H,23,25,26)/t17-,19-/m1/s1. The maximum absolute atomic E-state index is 14.8. The summed E-state index contributed by atoms with van der Waals surface area (Å²) in [5.41, 5.74) is 2.15. The van der Waals surface area contributed by atoms with Crippen LogP contribution in [0.3, 0.4) is 0 Å². The first-order valence-electron chi connectivity index (χ1n) is 10.5. The number of aromatic nitrogens is 4. The van der Waals surface area contributed by atoms with Gasteiger partial charge in [0.1, 0.15) is 11.3 Å². The van der Waals surface area contributed by atoms with Crippen molar-refractivity contribution in [3.63, 3.8) is 0 Å². The number of aliphatic hydroxyl groups excluding tert-OH is 1. The topological polar surface area (TPSA) is 113 Å². The van der Waals surface area contributed by atoms with Crippen LogP contribution >= 0.6 is 0 Å². The maximum atomic E-state index is 14.8. The molecule has 0 saturated carbocycles. The first-order chi connectivity index (χ1) is 15.0. The predicted octanol–water partition coefficient (Wildman–Crippen LogP) is 2.33. The lowest BCUT2D eigenvalue weighted by atomic mass is 10.0. The molecule has 32 heavy (non-hydrogen) atoms. The molecule has 11 heteroatoms. The zero-order chi connectivity index (χ0) is 23.2. The van der Waals surface area contributed by atoms with Crippen LogP contribution in [-0.2, 0) is 10.0 Å². The number of nitrogens with one attached hydrogen (secondary N) is 1. The van der Waals surface area contributed by atoms with Gasteiger partial charge in [0.05, 0.1) is 29.6 Å². The van der Waals surface area contributed by atoms with Gasteiger partial charge in [-0.3, -0.25) is 0 Å². The third-order valence-corrected chi connectivity index (χ3v) is 6.99. The average molecular weight is 463 g/mol. The molecule has 4 rings (SSSR count). The molecule has 0 spiro atoms. The molecule has 2 N–H and O–H groups in total. The fourth-order valence-corrected chi connectivity index (χ4v) is 5.06. The van der Waals surface area contributed by atoms with Gasteiger partial charge in [0.2, 0.25) is 16.0 Å². The van der Waals surface area contributed by atoms with Gasteiger partial charge in [-0.05, 0) is 45.4 Å². The highest BCUT2D eigenvalue weighted by Gasteiger charge is 2.32. The quantitative estimate of drug-likeness (QED) is 0.598. The molecule has 0 radical (unpaired) electrons. The number of aliphatic hydroxyl groups is 1. The van der Waals surface area contributed by atoms with Crippen molar-refractivity contribution >= 4 is 27.0 Å². The van der Waals surface area contributed by atoms with Crippen LogP contribution in [0.25, 0.3) is 22.3 Å². The molecular weight excluding hydrogens is 435 g/mol. The second-order valence-electron chi connectivity index (χ2n) is 8.44. The van der Waals surface area contributed by atoms with E-state index in [1.807, 2.05) is 31.4 Å². The van der Waals surface area contributed by atoms with Gasteiger partial charge in [-0.15, -0.1) is 0 Å². The summed E-state index contributed by atoms with van der Waals surface area (Å²) in [6, 6.07) is 4.69. The summed E-state index contributed by atoms with van der Waals surface area (Å²) in [5, 5.41) is 13.5. The van der Waals surface area contributed by atoms with Gasteiger partial charge in [-0.25, -0.2) is 27.8 Å². The number of halogens is 1. The zero-order valence-electron chi connectivity index (χ0n) is 18.4.